The lowest BCUT2D eigenvalue weighted by atomic mass is 9.78. The van der Waals surface area contributed by atoms with Crippen LogP contribution in [0.3, 0.4) is 0 Å². The minimum atomic E-state index is -0.239. The van der Waals surface area contributed by atoms with E-state index in [9.17, 15) is 4.79 Å². The molecule has 3 unspecified atom stereocenters. The Kier molecular flexibility index (Phi) is 5.69. The van der Waals surface area contributed by atoms with Gasteiger partial charge in [-0.15, -0.1) is 0 Å². The van der Waals surface area contributed by atoms with E-state index in [1.165, 1.54) is 26.4 Å². The lowest BCUT2D eigenvalue weighted by molar-refractivity contribution is -0.136. The van der Waals surface area contributed by atoms with Gasteiger partial charge in [-0.1, -0.05) is 32.8 Å². The zero-order valence-electron chi connectivity index (χ0n) is 11.5. The van der Waals surface area contributed by atoms with Crippen LogP contribution in [0.4, 0.5) is 0 Å². The molecule has 0 aromatic heterocycles. The van der Waals surface area contributed by atoms with Crippen LogP contribution >= 0.6 is 0 Å². The summed E-state index contributed by atoms with van der Waals surface area (Å²) in [4.78, 5) is 11.2. The summed E-state index contributed by atoms with van der Waals surface area (Å²) in [6.45, 7) is 7.19. The van der Waals surface area contributed by atoms with Crippen molar-refractivity contribution in [2.24, 2.45) is 11.8 Å². The summed E-state index contributed by atoms with van der Waals surface area (Å²) < 4.78 is 4.66. The first-order chi connectivity index (χ1) is 8.06. The number of carbonyl (C=O) groups excluding carboxylic acids is 1. The SMILES string of the molecule is COC(=O)C(C)=CCNC1CCCC(C)C1C. The van der Waals surface area contributed by atoms with Crippen LogP contribution < -0.4 is 5.32 Å². The van der Waals surface area contributed by atoms with Crippen LogP contribution in [0.15, 0.2) is 11.6 Å². The van der Waals surface area contributed by atoms with Crippen molar-refractivity contribution in [3.63, 3.8) is 0 Å². The zero-order valence-corrected chi connectivity index (χ0v) is 11.5. The van der Waals surface area contributed by atoms with Gasteiger partial charge in [-0.05, 0) is 25.2 Å². The predicted octanol–water partition coefficient (Wildman–Crippen LogP) is 2.52. The predicted molar refractivity (Wildman–Crippen MR) is 69.7 cm³/mol. The van der Waals surface area contributed by atoms with Crippen LogP contribution in [0.5, 0.6) is 0 Å². The van der Waals surface area contributed by atoms with Crippen molar-refractivity contribution in [1.29, 1.82) is 0 Å². The third-order valence-electron chi connectivity index (χ3n) is 4.00. The van der Waals surface area contributed by atoms with E-state index in [2.05, 4.69) is 23.9 Å². The van der Waals surface area contributed by atoms with Gasteiger partial charge in [0.05, 0.1) is 7.11 Å². The molecule has 3 nitrogen and oxygen atoms in total. The summed E-state index contributed by atoms with van der Waals surface area (Å²) in [7, 11) is 1.41. The normalized spacial score (nSPS) is 30.1. The fourth-order valence-corrected chi connectivity index (χ4v) is 2.48. The molecule has 1 N–H and O–H groups in total. The fraction of sp³-hybridized carbons (Fsp3) is 0.786. The highest BCUT2D eigenvalue weighted by atomic mass is 16.5. The van der Waals surface area contributed by atoms with Crippen molar-refractivity contribution >= 4 is 5.97 Å². The van der Waals surface area contributed by atoms with Crippen LogP contribution in [0.25, 0.3) is 0 Å². The molecule has 3 heteroatoms. The standard InChI is InChI=1S/C14H25NO2/c1-10-6-5-7-13(12(10)3)15-9-8-11(2)14(16)17-4/h8,10,12-13,15H,5-7,9H2,1-4H3. The summed E-state index contributed by atoms with van der Waals surface area (Å²) in [6, 6.07) is 0.584. The maximum absolute atomic E-state index is 11.2. The van der Waals surface area contributed by atoms with E-state index in [1.807, 2.05) is 6.08 Å². The Balaban J connectivity index is 2.37. The Bertz CT molecular complexity index is 286. The van der Waals surface area contributed by atoms with Gasteiger partial charge >= 0.3 is 5.97 Å². The van der Waals surface area contributed by atoms with Crippen molar-refractivity contribution in [3.05, 3.63) is 11.6 Å². The second-order valence-electron chi connectivity index (χ2n) is 5.16. The number of rotatable bonds is 4. The summed E-state index contributed by atoms with van der Waals surface area (Å²) in [5.41, 5.74) is 0.677. The molecule has 1 aliphatic carbocycles. The molecule has 0 aromatic rings. The van der Waals surface area contributed by atoms with Crippen molar-refractivity contribution in [2.75, 3.05) is 13.7 Å². The number of ether oxygens (including phenoxy) is 1. The molecule has 17 heavy (non-hydrogen) atoms. The van der Waals surface area contributed by atoms with Crippen molar-refractivity contribution < 1.29 is 9.53 Å². The van der Waals surface area contributed by atoms with Gasteiger partial charge in [0, 0.05) is 18.2 Å². The second kappa shape index (κ2) is 6.80. The summed E-state index contributed by atoms with van der Waals surface area (Å²) in [5, 5.41) is 3.53. The molecular weight excluding hydrogens is 214 g/mol. The van der Waals surface area contributed by atoms with Crippen LogP contribution in [0.2, 0.25) is 0 Å². The maximum Gasteiger partial charge on any atom is 0.333 e. The quantitative estimate of drug-likeness (QED) is 0.605. The highest BCUT2D eigenvalue weighted by Crippen LogP contribution is 2.29. The van der Waals surface area contributed by atoms with Gasteiger partial charge in [-0.25, -0.2) is 4.79 Å². The Labute approximate surface area is 105 Å². The molecule has 98 valence electrons. The largest absolute Gasteiger partial charge is 0.466 e. The monoisotopic (exact) mass is 239 g/mol. The van der Waals surface area contributed by atoms with E-state index in [-0.39, 0.29) is 5.97 Å². The van der Waals surface area contributed by atoms with Crippen LogP contribution in [-0.2, 0) is 9.53 Å². The molecule has 0 aliphatic heterocycles. The van der Waals surface area contributed by atoms with Crippen molar-refractivity contribution in [3.8, 4) is 0 Å². The smallest absolute Gasteiger partial charge is 0.333 e. The molecule has 1 fully saturated rings. The molecule has 1 rings (SSSR count). The van der Waals surface area contributed by atoms with E-state index >= 15 is 0 Å². The lowest BCUT2D eigenvalue weighted by Crippen LogP contribution is -2.40. The van der Waals surface area contributed by atoms with Crippen molar-refractivity contribution in [2.45, 2.75) is 46.1 Å². The van der Waals surface area contributed by atoms with Crippen LogP contribution in [0.1, 0.15) is 40.0 Å². The third-order valence-corrected chi connectivity index (χ3v) is 4.00. The summed E-state index contributed by atoms with van der Waals surface area (Å²) in [5.74, 6) is 1.28. The number of methoxy groups -OCH3 is 1. The average Bonchev–Trinajstić information content (AvgIpc) is 2.33. The number of carbonyl (C=O) groups is 1. The number of hydrogen-bond donors (Lipinski definition) is 1. The van der Waals surface area contributed by atoms with Crippen LogP contribution in [0, 0.1) is 11.8 Å². The highest BCUT2D eigenvalue weighted by molar-refractivity contribution is 5.87. The summed E-state index contributed by atoms with van der Waals surface area (Å²) in [6.07, 6.45) is 5.81. The van der Waals surface area contributed by atoms with E-state index < -0.39 is 0 Å². The molecular formula is C14H25NO2. The fourth-order valence-electron chi connectivity index (χ4n) is 2.48. The van der Waals surface area contributed by atoms with Gasteiger partial charge in [0.1, 0.15) is 0 Å². The van der Waals surface area contributed by atoms with Gasteiger partial charge in [0.15, 0.2) is 0 Å². The third kappa shape index (κ3) is 4.15. The Morgan fingerprint density at radius 3 is 2.76 bits per heavy atom. The maximum atomic E-state index is 11.2. The van der Waals surface area contributed by atoms with Crippen molar-refractivity contribution in [1.82, 2.24) is 5.32 Å². The number of nitrogens with one attached hydrogen (secondary N) is 1. The Hall–Kier alpha value is -0.830. The molecule has 0 saturated heterocycles. The van der Waals surface area contributed by atoms with Gasteiger partial charge in [-0.2, -0.15) is 0 Å². The first-order valence-electron chi connectivity index (χ1n) is 6.54. The van der Waals surface area contributed by atoms with Gasteiger partial charge in [0.25, 0.3) is 0 Å². The molecule has 1 aliphatic rings. The first kappa shape index (κ1) is 14.2. The van der Waals surface area contributed by atoms with E-state index in [0.717, 1.165) is 18.4 Å². The van der Waals surface area contributed by atoms with E-state index in [1.54, 1.807) is 6.92 Å². The molecule has 3 atom stereocenters. The molecule has 0 spiro atoms. The first-order valence-corrected chi connectivity index (χ1v) is 6.54. The lowest BCUT2D eigenvalue weighted by Gasteiger charge is -2.34. The topological polar surface area (TPSA) is 38.3 Å². The van der Waals surface area contributed by atoms with Gasteiger partial charge in [-0.3, -0.25) is 0 Å². The minimum Gasteiger partial charge on any atom is -0.466 e. The Morgan fingerprint density at radius 2 is 2.12 bits per heavy atom. The molecule has 0 radical (unpaired) electrons. The molecule has 0 aromatic carbocycles. The van der Waals surface area contributed by atoms with Gasteiger partial charge in [0.2, 0.25) is 0 Å². The van der Waals surface area contributed by atoms with Gasteiger partial charge < -0.3 is 10.1 Å². The summed E-state index contributed by atoms with van der Waals surface area (Å²) >= 11 is 0. The average molecular weight is 239 g/mol. The molecule has 0 bridgehead atoms. The molecule has 0 amide bonds. The molecule has 0 heterocycles. The number of esters is 1. The molecule has 1 saturated carbocycles. The van der Waals surface area contributed by atoms with E-state index in [4.69, 9.17) is 0 Å². The Morgan fingerprint density at radius 1 is 1.41 bits per heavy atom. The minimum absolute atomic E-state index is 0.239. The number of hydrogen-bond acceptors (Lipinski definition) is 3. The van der Waals surface area contributed by atoms with E-state index in [0.29, 0.717) is 11.6 Å². The van der Waals surface area contributed by atoms with Crippen LogP contribution in [-0.4, -0.2) is 25.7 Å². The zero-order chi connectivity index (χ0) is 12.8. The second-order valence-corrected chi connectivity index (χ2v) is 5.16. The highest BCUT2D eigenvalue weighted by Gasteiger charge is 2.26.